The maximum atomic E-state index is 4.90. The van der Waals surface area contributed by atoms with Gasteiger partial charge in [0.05, 0.1) is 17.9 Å². The van der Waals surface area contributed by atoms with Crippen molar-refractivity contribution in [3.05, 3.63) is 103 Å². The van der Waals surface area contributed by atoms with Crippen LogP contribution in [0.1, 0.15) is 26.5 Å². The number of hydrogen-bond acceptors (Lipinski definition) is 5. The average Bonchev–Trinajstić information content (AvgIpc) is 2.87. The van der Waals surface area contributed by atoms with E-state index in [1.165, 1.54) is 0 Å². The van der Waals surface area contributed by atoms with Gasteiger partial charge in [0, 0.05) is 46.8 Å². The molecular weight excluding hydrogens is 430 g/mol. The van der Waals surface area contributed by atoms with Crippen molar-refractivity contribution in [2.75, 3.05) is 10.6 Å². The van der Waals surface area contributed by atoms with Crippen molar-refractivity contribution >= 4 is 22.3 Å². The fourth-order valence-electron chi connectivity index (χ4n) is 4.28. The lowest BCUT2D eigenvalue weighted by Crippen LogP contribution is -2.26. The van der Waals surface area contributed by atoms with Crippen LogP contribution in [0.15, 0.2) is 97.6 Å². The van der Waals surface area contributed by atoms with Crippen LogP contribution >= 0.6 is 0 Å². The maximum absolute atomic E-state index is 4.90. The second-order valence-corrected chi connectivity index (χ2v) is 9.63. The van der Waals surface area contributed by atoms with Crippen LogP contribution in [-0.2, 0) is 6.54 Å². The van der Waals surface area contributed by atoms with Crippen molar-refractivity contribution in [1.29, 1.82) is 0 Å². The molecule has 0 spiro atoms. The van der Waals surface area contributed by atoms with Crippen molar-refractivity contribution in [3.8, 4) is 22.3 Å². The van der Waals surface area contributed by atoms with E-state index in [1.807, 2.05) is 49.1 Å². The number of pyridine rings is 3. The molecule has 5 nitrogen and oxygen atoms in total. The van der Waals surface area contributed by atoms with Crippen LogP contribution in [0, 0.1) is 0 Å². The van der Waals surface area contributed by atoms with E-state index in [2.05, 4.69) is 89.9 Å². The average molecular weight is 460 g/mol. The Morgan fingerprint density at radius 2 is 1.57 bits per heavy atom. The summed E-state index contributed by atoms with van der Waals surface area (Å²) in [7, 11) is 0. The van der Waals surface area contributed by atoms with Crippen molar-refractivity contribution in [1.82, 2.24) is 15.0 Å². The van der Waals surface area contributed by atoms with Gasteiger partial charge in [0.2, 0.25) is 0 Å². The third-order valence-electron chi connectivity index (χ3n) is 5.73. The number of anilines is 2. The molecule has 2 N–H and O–H groups in total. The fraction of sp³-hybridized carbons (Fsp3) is 0.167. The molecule has 0 atom stereocenters. The van der Waals surface area contributed by atoms with Crippen LogP contribution in [0.4, 0.5) is 11.5 Å². The van der Waals surface area contributed by atoms with Crippen molar-refractivity contribution in [2.24, 2.45) is 0 Å². The van der Waals surface area contributed by atoms with Gasteiger partial charge in [0.1, 0.15) is 5.82 Å². The van der Waals surface area contributed by atoms with Gasteiger partial charge in [0.25, 0.3) is 0 Å². The van der Waals surface area contributed by atoms with E-state index in [4.69, 9.17) is 4.98 Å². The number of fused-ring (bicyclic) bond motifs is 1. The summed E-state index contributed by atoms with van der Waals surface area (Å²) in [5.41, 5.74) is 6.26. The zero-order valence-corrected chi connectivity index (χ0v) is 20.3. The first-order valence-corrected chi connectivity index (χ1v) is 11.8. The van der Waals surface area contributed by atoms with Crippen molar-refractivity contribution < 1.29 is 0 Å². The lowest BCUT2D eigenvalue weighted by Gasteiger charge is -2.22. The molecule has 2 aromatic carbocycles. The molecule has 0 saturated heterocycles. The summed E-state index contributed by atoms with van der Waals surface area (Å²) < 4.78 is 0. The molecule has 3 heterocycles. The van der Waals surface area contributed by atoms with Crippen LogP contribution in [-0.4, -0.2) is 20.5 Å². The third kappa shape index (κ3) is 5.14. The number of benzene rings is 2. The topological polar surface area (TPSA) is 62.7 Å². The minimum absolute atomic E-state index is 0.0552. The summed E-state index contributed by atoms with van der Waals surface area (Å²) in [5.74, 6) is 0.839. The maximum Gasteiger partial charge on any atom is 0.134 e. The second kappa shape index (κ2) is 9.55. The molecule has 5 heteroatoms. The van der Waals surface area contributed by atoms with Gasteiger partial charge in [-0.15, -0.1) is 0 Å². The van der Waals surface area contributed by atoms with Crippen LogP contribution in [0.3, 0.4) is 0 Å². The summed E-state index contributed by atoms with van der Waals surface area (Å²) in [6.07, 6.45) is 7.52. The predicted octanol–water partition coefficient (Wildman–Crippen LogP) is 7.18. The van der Waals surface area contributed by atoms with Gasteiger partial charge in [-0.25, -0.2) is 4.98 Å². The Morgan fingerprint density at radius 1 is 0.743 bits per heavy atom. The predicted molar refractivity (Wildman–Crippen MR) is 145 cm³/mol. The van der Waals surface area contributed by atoms with Gasteiger partial charge in [-0.3, -0.25) is 9.97 Å². The molecule has 0 aliphatic rings. The standard InChI is InChI=1S/C30H29N5/c1-30(2,3)35-24-16-22(17-31-18-24)27-20-34-29(33-19-23-12-7-8-15-32-23)28-25(13-9-14-26(27)28)21-10-5-4-6-11-21/h4-18,20,35H,19H2,1-3H3,(H,33,34). The zero-order valence-electron chi connectivity index (χ0n) is 20.3. The molecule has 35 heavy (non-hydrogen) atoms. The Morgan fingerprint density at radius 3 is 2.34 bits per heavy atom. The summed E-state index contributed by atoms with van der Waals surface area (Å²) in [5, 5.41) is 9.27. The van der Waals surface area contributed by atoms with Crippen LogP contribution < -0.4 is 10.6 Å². The third-order valence-corrected chi connectivity index (χ3v) is 5.73. The first-order chi connectivity index (χ1) is 17.0. The second-order valence-electron chi connectivity index (χ2n) is 9.63. The van der Waals surface area contributed by atoms with E-state index in [0.29, 0.717) is 6.54 Å². The van der Waals surface area contributed by atoms with E-state index in [-0.39, 0.29) is 5.54 Å². The lowest BCUT2D eigenvalue weighted by atomic mass is 9.94. The first kappa shape index (κ1) is 22.5. The Labute approximate surface area is 206 Å². The summed E-state index contributed by atoms with van der Waals surface area (Å²) in [6, 6.07) is 25.0. The molecule has 0 bridgehead atoms. The van der Waals surface area contributed by atoms with Crippen molar-refractivity contribution in [3.63, 3.8) is 0 Å². The number of nitrogens with zero attached hydrogens (tertiary/aromatic N) is 3. The molecule has 0 radical (unpaired) electrons. The molecule has 0 unspecified atom stereocenters. The number of nitrogens with one attached hydrogen (secondary N) is 2. The molecule has 0 aliphatic heterocycles. The Balaban J connectivity index is 1.65. The molecule has 0 saturated carbocycles. The molecule has 3 aromatic heterocycles. The fourth-order valence-corrected chi connectivity index (χ4v) is 4.28. The molecular formula is C30H29N5. The minimum atomic E-state index is -0.0552. The monoisotopic (exact) mass is 459 g/mol. The Hall–Kier alpha value is -4.25. The van der Waals surface area contributed by atoms with E-state index in [1.54, 1.807) is 0 Å². The van der Waals surface area contributed by atoms with Crippen LogP contribution in [0.25, 0.3) is 33.0 Å². The number of rotatable bonds is 6. The zero-order chi connectivity index (χ0) is 24.3. The highest BCUT2D eigenvalue weighted by Gasteiger charge is 2.16. The molecule has 174 valence electrons. The minimum Gasteiger partial charge on any atom is -0.379 e. The molecule has 0 amide bonds. The smallest absolute Gasteiger partial charge is 0.134 e. The van der Waals surface area contributed by atoms with Gasteiger partial charge < -0.3 is 10.6 Å². The van der Waals surface area contributed by atoms with Gasteiger partial charge in [-0.1, -0.05) is 54.6 Å². The van der Waals surface area contributed by atoms with Gasteiger partial charge >= 0.3 is 0 Å². The van der Waals surface area contributed by atoms with Crippen LogP contribution in [0.5, 0.6) is 0 Å². The number of aromatic nitrogens is 3. The molecule has 0 aliphatic carbocycles. The Bertz CT molecular complexity index is 1440. The van der Waals surface area contributed by atoms with E-state index in [0.717, 1.165) is 50.2 Å². The summed E-state index contributed by atoms with van der Waals surface area (Å²) in [6.45, 7) is 7.03. The normalized spacial score (nSPS) is 11.4. The lowest BCUT2D eigenvalue weighted by molar-refractivity contribution is 0.633. The van der Waals surface area contributed by atoms with Gasteiger partial charge in [-0.05, 0) is 55.5 Å². The highest BCUT2D eigenvalue weighted by atomic mass is 15.0. The molecule has 5 rings (SSSR count). The van der Waals surface area contributed by atoms with Crippen LogP contribution in [0.2, 0.25) is 0 Å². The molecule has 0 fully saturated rings. The SMILES string of the molecule is CC(C)(C)Nc1cncc(-c2cnc(NCc3ccccn3)c3c(-c4ccccc4)cccc23)c1. The highest BCUT2D eigenvalue weighted by Crippen LogP contribution is 2.38. The van der Waals surface area contributed by atoms with Crippen molar-refractivity contribution in [2.45, 2.75) is 32.9 Å². The Kier molecular flexibility index (Phi) is 6.15. The quantitative estimate of drug-likeness (QED) is 0.282. The number of hydrogen-bond donors (Lipinski definition) is 2. The molecule has 5 aromatic rings. The largest absolute Gasteiger partial charge is 0.379 e. The summed E-state index contributed by atoms with van der Waals surface area (Å²) in [4.78, 5) is 13.9. The first-order valence-electron chi connectivity index (χ1n) is 11.8. The van der Waals surface area contributed by atoms with Gasteiger partial charge in [-0.2, -0.15) is 0 Å². The van der Waals surface area contributed by atoms with E-state index in [9.17, 15) is 0 Å². The van der Waals surface area contributed by atoms with E-state index < -0.39 is 0 Å². The van der Waals surface area contributed by atoms with E-state index >= 15 is 0 Å². The summed E-state index contributed by atoms with van der Waals surface area (Å²) >= 11 is 0. The van der Waals surface area contributed by atoms with Gasteiger partial charge in [0.15, 0.2) is 0 Å². The highest BCUT2D eigenvalue weighted by molar-refractivity contribution is 6.09.